The van der Waals surface area contributed by atoms with Crippen molar-refractivity contribution in [3.8, 4) is 0 Å². The first kappa shape index (κ1) is 14.6. The Morgan fingerprint density at radius 1 is 1.62 bits per heavy atom. The molecule has 16 heavy (non-hydrogen) atoms. The van der Waals surface area contributed by atoms with E-state index >= 15 is 0 Å². The van der Waals surface area contributed by atoms with Gasteiger partial charge >= 0.3 is 0 Å². The predicted octanol–water partition coefficient (Wildman–Crippen LogP) is 2.20. The van der Waals surface area contributed by atoms with Crippen molar-refractivity contribution < 1.29 is 13.2 Å². The second-order valence-corrected chi connectivity index (χ2v) is 7.99. The van der Waals surface area contributed by atoms with E-state index < -0.39 is 10.0 Å². The molecule has 0 radical (unpaired) electrons. The van der Waals surface area contributed by atoms with E-state index in [0.717, 1.165) is 0 Å². The molecule has 1 aromatic heterocycles. The molecule has 0 bridgehead atoms. The van der Waals surface area contributed by atoms with Gasteiger partial charge in [-0.2, -0.15) is 0 Å². The predicted molar refractivity (Wildman–Crippen MR) is 71.8 cm³/mol. The summed E-state index contributed by atoms with van der Waals surface area (Å²) in [4.78, 5) is -0.0361. The lowest BCUT2D eigenvalue weighted by Crippen LogP contribution is -2.31. The SMILES string of the molecule is COCC(Br)CNS(=O)(=O)c1sccc1Br. The topological polar surface area (TPSA) is 55.4 Å². The minimum absolute atomic E-state index is 0.0361. The molecule has 0 aliphatic heterocycles. The number of alkyl halides is 1. The summed E-state index contributed by atoms with van der Waals surface area (Å²) in [5.74, 6) is 0. The fourth-order valence-electron chi connectivity index (χ4n) is 0.977. The van der Waals surface area contributed by atoms with E-state index in [9.17, 15) is 8.42 Å². The summed E-state index contributed by atoms with van der Waals surface area (Å²) >= 11 is 7.68. The molecule has 0 amide bonds. The first-order chi connectivity index (χ1) is 7.47. The molecule has 8 heteroatoms. The van der Waals surface area contributed by atoms with Gasteiger partial charge in [0.15, 0.2) is 0 Å². The highest BCUT2D eigenvalue weighted by Gasteiger charge is 2.19. The van der Waals surface area contributed by atoms with Gasteiger partial charge in [-0.15, -0.1) is 11.3 Å². The van der Waals surface area contributed by atoms with Crippen LogP contribution in [-0.4, -0.2) is 33.5 Å². The van der Waals surface area contributed by atoms with E-state index in [0.29, 0.717) is 21.8 Å². The van der Waals surface area contributed by atoms with Gasteiger partial charge in [0.25, 0.3) is 10.0 Å². The molecule has 1 atom stereocenters. The average molecular weight is 393 g/mol. The molecule has 1 N–H and O–H groups in total. The maximum absolute atomic E-state index is 11.8. The summed E-state index contributed by atoms with van der Waals surface area (Å²) in [6, 6.07) is 1.71. The Hall–Kier alpha value is 0.530. The molecule has 0 aliphatic carbocycles. The Balaban J connectivity index is 2.63. The summed E-state index contributed by atoms with van der Waals surface area (Å²) in [6.45, 7) is 0.745. The zero-order valence-electron chi connectivity index (χ0n) is 8.44. The number of hydrogen-bond donors (Lipinski definition) is 1. The molecule has 1 heterocycles. The van der Waals surface area contributed by atoms with Gasteiger partial charge in [-0.25, -0.2) is 13.1 Å². The highest BCUT2D eigenvalue weighted by Crippen LogP contribution is 2.27. The molecule has 0 aromatic carbocycles. The van der Waals surface area contributed by atoms with Crippen LogP contribution in [0.15, 0.2) is 20.1 Å². The van der Waals surface area contributed by atoms with E-state index in [4.69, 9.17) is 4.74 Å². The van der Waals surface area contributed by atoms with Gasteiger partial charge in [0, 0.05) is 18.1 Å². The highest BCUT2D eigenvalue weighted by molar-refractivity contribution is 9.10. The van der Waals surface area contributed by atoms with Gasteiger partial charge < -0.3 is 4.74 Å². The summed E-state index contributed by atoms with van der Waals surface area (Å²) in [6.07, 6.45) is 0. The van der Waals surface area contributed by atoms with Crippen LogP contribution < -0.4 is 4.72 Å². The number of halogens is 2. The third-order valence-electron chi connectivity index (χ3n) is 1.67. The van der Waals surface area contributed by atoms with Crippen molar-refractivity contribution in [3.05, 3.63) is 15.9 Å². The Morgan fingerprint density at radius 2 is 2.31 bits per heavy atom. The standard InChI is InChI=1S/C8H11Br2NO3S2/c1-14-5-6(9)4-11-16(12,13)8-7(10)2-3-15-8/h2-3,6,11H,4-5H2,1H3. The molecule has 1 unspecified atom stereocenters. The van der Waals surface area contributed by atoms with Crippen LogP contribution in [0.4, 0.5) is 0 Å². The monoisotopic (exact) mass is 391 g/mol. The van der Waals surface area contributed by atoms with Gasteiger partial charge in [-0.1, -0.05) is 15.9 Å². The highest BCUT2D eigenvalue weighted by atomic mass is 79.9. The number of nitrogens with one attached hydrogen (secondary N) is 1. The van der Waals surface area contributed by atoms with Crippen molar-refractivity contribution in [3.63, 3.8) is 0 Å². The third kappa shape index (κ3) is 4.08. The normalized spacial score (nSPS) is 13.9. The molecular weight excluding hydrogens is 382 g/mol. The Kier molecular flexibility index (Phi) is 5.89. The van der Waals surface area contributed by atoms with E-state index in [-0.39, 0.29) is 4.83 Å². The van der Waals surface area contributed by atoms with Crippen molar-refractivity contribution in [2.24, 2.45) is 0 Å². The van der Waals surface area contributed by atoms with Gasteiger partial charge in [0.05, 0.1) is 11.4 Å². The summed E-state index contributed by atoms with van der Waals surface area (Å²) in [5.41, 5.74) is 0. The van der Waals surface area contributed by atoms with Crippen LogP contribution >= 0.6 is 43.2 Å². The number of ether oxygens (including phenoxy) is 1. The smallest absolute Gasteiger partial charge is 0.251 e. The van der Waals surface area contributed by atoms with Crippen LogP contribution in [-0.2, 0) is 14.8 Å². The van der Waals surface area contributed by atoms with E-state index in [2.05, 4.69) is 36.6 Å². The molecule has 0 aliphatic rings. The molecule has 92 valence electrons. The molecule has 0 spiro atoms. The number of thiophene rings is 1. The molecular formula is C8H11Br2NO3S2. The number of rotatable bonds is 6. The van der Waals surface area contributed by atoms with E-state index in [1.54, 1.807) is 18.6 Å². The van der Waals surface area contributed by atoms with Crippen molar-refractivity contribution in [1.82, 2.24) is 4.72 Å². The molecule has 1 aromatic rings. The quantitative estimate of drug-likeness (QED) is 0.755. The summed E-state index contributed by atoms with van der Waals surface area (Å²) in [5, 5.41) is 1.72. The minimum atomic E-state index is -3.42. The van der Waals surface area contributed by atoms with Crippen molar-refractivity contribution in [2.75, 3.05) is 20.3 Å². The van der Waals surface area contributed by atoms with E-state index in [1.165, 1.54) is 11.3 Å². The molecule has 1 rings (SSSR count). The number of methoxy groups -OCH3 is 1. The Morgan fingerprint density at radius 3 is 2.81 bits per heavy atom. The first-order valence-electron chi connectivity index (χ1n) is 4.33. The maximum Gasteiger partial charge on any atom is 0.251 e. The largest absolute Gasteiger partial charge is 0.383 e. The first-order valence-corrected chi connectivity index (χ1v) is 8.40. The van der Waals surface area contributed by atoms with Crippen LogP contribution in [0.25, 0.3) is 0 Å². The van der Waals surface area contributed by atoms with Crippen LogP contribution in [0, 0.1) is 0 Å². The van der Waals surface area contributed by atoms with E-state index in [1.807, 2.05) is 0 Å². The van der Waals surface area contributed by atoms with Gasteiger partial charge in [-0.05, 0) is 27.4 Å². The van der Waals surface area contributed by atoms with Crippen LogP contribution in [0.2, 0.25) is 0 Å². The van der Waals surface area contributed by atoms with Gasteiger partial charge in [0.2, 0.25) is 0 Å². The summed E-state index contributed by atoms with van der Waals surface area (Å²) < 4.78 is 32.0. The van der Waals surface area contributed by atoms with Crippen LogP contribution in [0.3, 0.4) is 0 Å². The number of sulfonamides is 1. The zero-order valence-corrected chi connectivity index (χ0v) is 13.2. The van der Waals surface area contributed by atoms with Crippen molar-refractivity contribution in [1.29, 1.82) is 0 Å². The lowest BCUT2D eigenvalue weighted by molar-refractivity contribution is 0.201. The molecule has 0 fully saturated rings. The van der Waals surface area contributed by atoms with Gasteiger partial charge in [-0.3, -0.25) is 0 Å². The van der Waals surface area contributed by atoms with Crippen LogP contribution in [0.5, 0.6) is 0 Å². The second kappa shape index (κ2) is 6.46. The van der Waals surface area contributed by atoms with Gasteiger partial charge in [0.1, 0.15) is 4.21 Å². The Labute approximate surface area is 116 Å². The molecule has 0 saturated heterocycles. The second-order valence-electron chi connectivity index (χ2n) is 2.96. The molecule has 0 saturated carbocycles. The van der Waals surface area contributed by atoms with Crippen molar-refractivity contribution >= 4 is 53.2 Å². The average Bonchev–Trinajstić information content (AvgIpc) is 2.63. The lowest BCUT2D eigenvalue weighted by atomic mass is 10.5. The zero-order chi connectivity index (χ0) is 12.2. The fraction of sp³-hybridized carbons (Fsp3) is 0.500. The van der Waals surface area contributed by atoms with Crippen LogP contribution in [0.1, 0.15) is 0 Å². The maximum atomic E-state index is 11.8. The fourth-order valence-corrected chi connectivity index (χ4v) is 5.08. The minimum Gasteiger partial charge on any atom is -0.383 e. The molecule has 4 nitrogen and oxygen atoms in total. The third-order valence-corrected chi connectivity index (χ3v) is 6.35. The van der Waals surface area contributed by atoms with Crippen molar-refractivity contribution in [2.45, 2.75) is 9.04 Å². The number of hydrogen-bond acceptors (Lipinski definition) is 4. The Bertz CT molecular complexity index is 432. The lowest BCUT2D eigenvalue weighted by Gasteiger charge is -2.09. The summed E-state index contributed by atoms with van der Waals surface area (Å²) in [7, 11) is -1.86.